The summed E-state index contributed by atoms with van der Waals surface area (Å²) in [5, 5.41) is 0. The second-order valence-electron chi connectivity index (χ2n) is 9.38. The number of ether oxygens (including phenoxy) is 1. The molecule has 1 heterocycles. The Labute approximate surface area is 238 Å². The van der Waals surface area contributed by atoms with E-state index in [2.05, 4.69) is 33.6 Å². The minimum atomic E-state index is -3.58. The average molecular weight is 602 g/mol. The van der Waals surface area contributed by atoms with Gasteiger partial charge in [-0.25, -0.2) is 8.42 Å². The van der Waals surface area contributed by atoms with Crippen molar-refractivity contribution < 1.29 is 13.2 Å². The van der Waals surface area contributed by atoms with Crippen LogP contribution in [0.5, 0.6) is 5.75 Å². The molecule has 1 aliphatic heterocycles. The highest BCUT2D eigenvalue weighted by atomic mass is 79.9. The Kier molecular flexibility index (Phi) is 8.41. The summed E-state index contributed by atoms with van der Waals surface area (Å²) < 4.78 is 35.1. The van der Waals surface area contributed by atoms with Gasteiger partial charge in [0.05, 0.1) is 10.6 Å². The number of hydrogen-bond donors (Lipinski definition) is 0. The van der Waals surface area contributed by atoms with Crippen LogP contribution in [0.3, 0.4) is 0 Å². The molecule has 4 aromatic rings. The minimum absolute atomic E-state index is 0.279. The molecule has 5 rings (SSSR count). The maximum atomic E-state index is 13.2. The first kappa shape index (κ1) is 27.1. The molecule has 0 atom stereocenters. The topological polar surface area (TPSA) is 59.0 Å². The molecule has 0 saturated carbocycles. The van der Waals surface area contributed by atoms with Crippen LogP contribution in [0.1, 0.15) is 27.8 Å². The van der Waals surface area contributed by atoms with Gasteiger partial charge in [0.1, 0.15) is 12.4 Å². The lowest BCUT2D eigenvalue weighted by molar-refractivity contribution is 0.303. The van der Waals surface area contributed by atoms with Crippen LogP contribution in [0.15, 0.2) is 118 Å². The monoisotopic (exact) mass is 600 g/mol. The number of allylic oxidation sites excluding steroid dienone is 1. The average Bonchev–Trinajstić information content (AvgIpc) is 2.96. The molecule has 0 N–H and O–H groups in total. The number of rotatable bonds is 9. The van der Waals surface area contributed by atoms with Gasteiger partial charge in [0.2, 0.25) is 10.0 Å². The fraction of sp³-hybridized carbons (Fsp3) is 0.156. The first-order valence-corrected chi connectivity index (χ1v) is 15.0. The summed E-state index contributed by atoms with van der Waals surface area (Å²) >= 11 is 3.45. The van der Waals surface area contributed by atoms with E-state index < -0.39 is 10.0 Å². The molecule has 0 spiro atoms. The molecule has 0 unspecified atom stereocenters. The molecule has 1 aliphatic rings. The van der Waals surface area contributed by atoms with Gasteiger partial charge in [-0.2, -0.15) is 4.31 Å². The zero-order valence-electron chi connectivity index (χ0n) is 21.5. The third-order valence-corrected chi connectivity index (χ3v) is 9.08. The van der Waals surface area contributed by atoms with Gasteiger partial charge < -0.3 is 4.74 Å². The third-order valence-electron chi connectivity index (χ3n) is 6.69. The normalized spacial score (nSPS) is 13.8. The van der Waals surface area contributed by atoms with Crippen molar-refractivity contribution in [1.29, 1.82) is 0 Å². The molecule has 4 aromatic carbocycles. The highest BCUT2D eigenvalue weighted by Crippen LogP contribution is 2.27. The number of aliphatic imine (C=N–C) groups is 1. The Morgan fingerprint density at radius 2 is 1.69 bits per heavy atom. The fourth-order valence-corrected chi connectivity index (χ4v) is 6.24. The predicted molar refractivity (Wildman–Crippen MR) is 160 cm³/mol. The molecule has 0 bridgehead atoms. The summed E-state index contributed by atoms with van der Waals surface area (Å²) in [7, 11) is -3.58. The van der Waals surface area contributed by atoms with Gasteiger partial charge >= 0.3 is 0 Å². The van der Waals surface area contributed by atoms with Crippen molar-refractivity contribution in [2.45, 2.75) is 30.9 Å². The van der Waals surface area contributed by atoms with Crippen LogP contribution in [-0.4, -0.2) is 25.5 Å². The van der Waals surface area contributed by atoms with Crippen molar-refractivity contribution in [2.75, 3.05) is 6.54 Å². The Hall–Kier alpha value is -3.52. The largest absolute Gasteiger partial charge is 0.489 e. The van der Waals surface area contributed by atoms with E-state index in [0.29, 0.717) is 31.8 Å². The lowest BCUT2D eigenvalue weighted by Crippen LogP contribution is -2.35. The Bertz CT molecular complexity index is 1600. The van der Waals surface area contributed by atoms with Crippen molar-refractivity contribution in [1.82, 2.24) is 4.31 Å². The lowest BCUT2D eigenvalue weighted by atomic mass is 10.0. The van der Waals surface area contributed by atoms with Gasteiger partial charge in [-0.15, -0.1) is 6.58 Å². The summed E-state index contributed by atoms with van der Waals surface area (Å²) in [5.74, 6) is 0.810. The molecule has 0 aromatic heterocycles. The standard InChI is InChI=1S/C32H29BrN2O3S/c1-2-5-27-20-25(10-17-32(27)38-23-24-8-11-29(33)12-9-24)21-34-30-13-15-31(16-14-30)39(36,37)35-19-18-26-6-3-4-7-28(26)22-35/h2-4,6-17,20-21H,1,5,18-19,22-23H2. The van der Waals surface area contributed by atoms with Crippen LogP contribution in [0.2, 0.25) is 0 Å². The van der Waals surface area contributed by atoms with E-state index in [4.69, 9.17) is 4.74 Å². The molecular formula is C32H29BrN2O3S. The minimum Gasteiger partial charge on any atom is -0.489 e. The molecule has 39 heavy (non-hydrogen) atoms. The van der Waals surface area contributed by atoms with Crippen LogP contribution in [0.4, 0.5) is 5.69 Å². The molecule has 0 fully saturated rings. The number of nitrogens with zero attached hydrogens (tertiary/aromatic N) is 2. The summed E-state index contributed by atoms with van der Waals surface area (Å²) in [6.45, 7) is 5.23. The molecule has 0 aliphatic carbocycles. The number of hydrogen-bond acceptors (Lipinski definition) is 4. The summed E-state index contributed by atoms with van der Waals surface area (Å²) in [6.07, 6.45) is 5.02. The number of benzene rings is 4. The van der Waals surface area contributed by atoms with Crippen molar-refractivity contribution in [2.24, 2.45) is 4.99 Å². The van der Waals surface area contributed by atoms with E-state index in [1.807, 2.05) is 66.7 Å². The van der Waals surface area contributed by atoms with E-state index in [9.17, 15) is 8.42 Å². The molecular weight excluding hydrogens is 572 g/mol. The van der Waals surface area contributed by atoms with E-state index in [0.717, 1.165) is 38.9 Å². The lowest BCUT2D eigenvalue weighted by Gasteiger charge is -2.28. The smallest absolute Gasteiger partial charge is 0.243 e. The zero-order chi connectivity index (χ0) is 27.2. The van der Waals surface area contributed by atoms with Crippen molar-refractivity contribution >= 4 is 37.9 Å². The van der Waals surface area contributed by atoms with Crippen molar-refractivity contribution in [3.05, 3.63) is 136 Å². The number of fused-ring (bicyclic) bond motifs is 1. The highest BCUT2D eigenvalue weighted by molar-refractivity contribution is 9.10. The predicted octanol–water partition coefficient (Wildman–Crippen LogP) is 7.25. The third kappa shape index (κ3) is 6.56. The Morgan fingerprint density at radius 1 is 0.949 bits per heavy atom. The Morgan fingerprint density at radius 3 is 2.44 bits per heavy atom. The van der Waals surface area contributed by atoms with E-state index >= 15 is 0 Å². The first-order chi connectivity index (χ1) is 18.9. The second kappa shape index (κ2) is 12.1. The molecule has 0 saturated heterocycles. The number of sulfonamides is 1. The van der Waals surface area contributed by atoms with Gasteiger partial charge in [0.25, 0.3) is 0 Å². The molecule has 7 heteroatoms. The first-order valence-electron chi connectivity index (χ1n) is 12.7. The van der Waals surface area contributed by atoms with Gasteiger partial charge in [-0.1, -0.05) is 58.4 Å². The van der Waals surface area contributed by atoms with Gasteiger partial charge in [-0.05, 0) is 95.3 Å². The van der Waals surface area contributed by atoms with Crippen molar-refractivity contribution in [3.63, 3.8) is 0 Å². The number of halogens is 1. The fourth-order valence-electron chi connectivity index (χ4n) is 4.55. The Balaban J connectivity index is 1.26. The van der Waals surface area contributed by atoms with E-state index in [1.54, 1.807) is 34.8 Å². The molecule has 5 nitrogen and oxygen atoms in total. The molecule has 198 valence electrons. The van der Waals surface area contributed by atoms with Gasteiger partial charge in [0.15, 0.2) is 0 Å². The quantitative estimate of drug-likeness (QED) is 0.150. The zero-order valence-corrected chi connectivity index (χ0v) is 23.9. The maximum absolute atomic E-state index is 13.2. The second-order valence-corrected chi connectivity index (χ2v) is 12.2. The molecule has 0 amide bonds. The van der Waals surface area contributed by atoms with Crippen LogP contribution < -0.4 is 4.74 Å². The summed E-state index contributed by atoms with van der Waals surface area (Å²) in [4.78, 5) is 4.85. The van der Waals surface area contributed by atoms with Gasteiger partial charge in [-0.3, -0.25) is 4.99 Å². The maximum Gasteiger partial charge on any atom is 0.243 e. The van der Waals surface area contributed by atoms with E-state index in [-0.39, 0.29) is 4.90 Å². The van der Waals surface area contributed by atoms with Gasteiger partial charge in [0, 0.05) is 23.8 Å². The van der Waals surface area contributed by atoms with Crippen LogP contribution >= 0.6 is 15.9 Å². The van der Waals surface area contributed by atoms with Crippen LogP contribution in [-0.2, 0) is 36.0 Å². The molecule has 0 radical (unpaired) electrons. The van der Waals surface area contributed by atoms with Crippen LogP contribution in [0.25, 0.3) is 0 Å². The summed E-state index contributed by atoms with van der Waals surface area (Å²) in [6, 6.07) is 28.7. The van der Waals surface area contributed by atoms with Crippen LogP contribution in [0, 0.1) is 0 Å². The summed E-state index contributed by atoms with van der Waals surface area (Å²) in [5.41, 5.74) is 5.99. The highest BCUT2D eigenvalue weighted by Gasteiger charge is 2.28. The van der Waals surface area contributed by atoms with E-state index in [1.165, 1.54) is 5.56 Å². The SMILES string of the molecule is C=CCc1cc(C=Nc2ccc(S(=O)(=O)N3CCc4ccccc4C3)cc2)ccc1OCc1ccc(Br)cc1. The van der Waals surface area contributed by atoms with Crippen molar-refractivity contribution in [3.8, 4) is 5.75 Å².